The molecule has 0 radical (unpaired) electrons. The zero-order chi connectivity index (χ0) is 14.7. The topological polar surface area (TPSA) is 63.8 Å². The first kappa shape index (κ1) is 12.2. The number of hydrogen-bond acceptors (Lipinski definition) is 3. The molecule has 0 amide bonds. The molecular formula is C16H15N3O2. The van der Waals surface area contributed by atoms with Crippen LogP contribution < -0.4 is 5.43 Å². The SMILES string of the molecule is CC(C)c1c2c[nH]n(C)c2nc2c1oc1cc(=O)ccc12. The maximum atomic E-state index is 11.5. The summed E-state index contributed by atoms with van der Waals surface area (Å²) >= 11 is 0. The standard InChI is InChI=1S/C16H15N3O2/c1-8(2)13-11-7-17-19(3)16(11)18-14-10-5-4-9(20)6-12(10)21-15(13)14/h4-8,17H,1-3H3. The van der Waals surface area contributed by atoms with Gasteiger partial charge in [-0.25, -0.2) is 4.98 Å². The van der Waals surface area contributed by atoms with Crippen LogP contribution in [0.25, 0.3) is 33.1 Å². The molecule has 0 unspecified atom stereocenters. The second-order valence-corrected chi connectivity index (χ2v) is 5.69. The average Bonchev–Trinajstić information content (AvgIpc) is 2.96. The molecule has 0 aliphatic heterocycles. The van der Waals surface area contributed by atoms with Crippen molar-refractivity contribution in [3.8, 4) is 0 Å². The highest BCUT2D eigenvalue weighted by atomic mass is 16.3. The Bertz CT molecular complexity index is 1050. The Morgan fingerprint density at radius 2 is 2.10 bits per heavy atom. The number of furan rings is 1. The van der Waals surface area contributed by atoms with Gasteiger partial charge in [-0.1, -0.05) is 13.8 Å². The number of hydrogen-bond donors (Lipinski definition) is 1. The van der Waals surface area contributed by atoms with Crippen LogP contribution in [0.2, 0.25) is 0 Å². The number of aromatic amines is 1. The molecule has 3 heterocycles. The van der Waals surface area contributed by atoms with Crippen LogP contribution in [0, 0.1) is 0 Å². The zero-order valence-corrected chi connectivity index (χ0v) is 12.1. The highest BCUT2D eigenvalue weighted by molar-refractivity contribution is 6.07. The zero-order valence-electron chi connectivity index (χ0n) is 12.1. The van der Waals surface area contributed by atoms with Gasteiger partial charge in [-0.15, -0.1) is 0 Å². The number of rotatable bonds is 1. The van der Waals surface area contributed by atoms with Crippen molar-refractivity contribution >= 4 is 33.1 Å². The first-order valence-corrected chi connectivity index (χ1v) is 6.96. The van der Waals surface area contributed by atoms with E-state index in [2.05, 4.69) is 18.9 Å². The highest BCUT2D eigenvalue weighted by Gasteiger charge is 2.19. The third-order valence-electron chi connectivity index (χ3n) is 3.93. The molecule has 0 fully saturated rings. The summed E-state index contributed by atoms with van der Waals surface area (Å²) in [5, 5.41) is 5.10. The Morgan fingerprint density at radius 3 is 2.86 bits per heavy atom. The molecule has 0 saturated carbocycles. The molecule has 1 aromatic carbocycles. The van der Waals surface area contributed by atoms with E-state index in [1.807, 2.05) is 17.9 Å². The number of fused-ring (bicyclic) bond motifs is 4. The lowest BCUT2D eigenvalue weighted by atomic mass is 10.00. The summed E-state index contributed by atoms with van der Waals surface area (Å²) in [6.45, 7) is 4.26. The van der Waals surface area contributed by atoms with Crippen LogP contribution in [-0.2, 0) is 7.05 Å². The van der Waals surface area contributed by atoms with Gasteiger partial charge in [0.25, 0.3) is 0 Å². The Morgan fingerprint density at radius 1 is 1.29 bits per heavy atom. The summed E-state index contributed by atoms with van der Waals surface area (Å²) in [5.41, 5.74) is 4.15. The van der Waals surface area contributed by atoms with Gasteiger partial charge in [0.15, 0.2) is 16.7 Å². The summed E-state index contributed by atoms with van der Waals surface area (Å²) in [4.78, 5) is 16.3. The monoisotopic (exact) mass is 281 g/mol. The van der Waals surface area contributed by atoms with Crippen LogP contribution in [0.3, 0.4) is 0 Å². The summed E-state index contributed by atoms with van der Waals surface area (Å²) < 4.78 is 7.85. The predicted octanol–water partition coefficient (Wildman–Crippen LogP) is 3.28. The number of nitrogens with one attached hydrogen (secondary N) is 1. The molecule has 5 heteroatoms. The smallest absolute Gasteiger partial charge is 0.182 e. The third-order valence-corrected chi connectivity index (χ3v) is 3.93. The van der Waals surface area contributed by atoms with E-state index < -0.39 is 0 Å². The van der Waals surface area contributed by atoms with Crippen molar-refractivity contribution in [2.75, 3.05) is 0 Å². The Labute approximate surface area is 120 Å². The van der Waals surface area contributed by atoms with Gasteiger partial charge in [-0.3, -0.25) is 9.48 Å². The first-order chi connectivity index (χ1) is 10.1. The Kier molecular flexibility index (Phi) is 2.31. The molecule has 4 rings (SSSR count). The number of pyridine rings is 1. The van der Waals surface area contributed by atoms with E-state index in [0.29, 0.717) is 11.5 Å². The minimum Gasteiger partial charge on any atom is -0.454 e. The van der Waals surface area contributed by atoms with Crippen molar-refractivity contribution < 1.29 is 4.42 Å². The summed E-state index contributed by atoms with van der Waals surface area (Å²) in [5.74, 6) is 0.293. The van der Waals surface area contributed by atoms with Crippen molar-refractivity contribution in [3.05, 3.63) is 40.2 Å². The predicted molar refractivity (Wildman–Crippen MR) is 82.7 cm³/mol. The molecule has 21 heavy (non-hydrogen) atoms. The van der Waals surface area contributed by atoms with E-state index in [4.69, 9.17) is 9.40 Å². The van der Waals surface area contributed by atoms with Crippen molar-refractivity contribution in [2.45, 2.75) is 19.8 Å². The maximum absolute atomic E-state index is 11.5. The Hall–Kier alpha value is -2.56. The molecule has 0 aliphatic rings. The van der Waals surface area contributed by atoms with E-state index >= 15 is 0 Å². The van der Waals surface area contributed by atoms with E-state index in [9.17, 15) is 4.79 Å². The normalized spacial score (nSPS) is 12.2. The van der Waals surface area contributed by atoms with E-state index in [1.54, 1.807) is 12.1 Å². The molecular weight excluding hydrogens is 266 g/mol. The number of H-pyrrole nitrogens is 1. The number of benzene rings is 1. The van der Waals surface area contributed by atoms with Crippen LogP contribution in [-0.4, -0.2) is 14.8 Å². The van der Waals surface area contributed by atoms with Gasteiger partial charge in [0.2, 0.25) is 0 Å². The fraction of sp³-hybridized carbons (Fsp3) is 0.250. The molecule has 0 aliphatic carbocycles. The third kappa shape index (κ3) is 1.57. The second kappa shape index (κ2) is 3.97. The largest absolute Gasteiger partial charge is 0.454 e. The number of nitrogens with zero attached hydrogens (tertiary/aromatic N) is 2. The average molecular weight is 281 g/mol. The van der Waals surface area contributed by atoms with E-state index in [-0.39, 0.29) is 5.43 Å². The molecule has 0 atom stereocenters. The lowest BCUT2D eigenvalue weighted by Gasteiger charge is -2.07. The minimum atomic E-state index is -0.0504. The molecule has 0 bridgehead atoms. The summed E-state index contributed by atoms with van der Waals surface area (Å²) in [6.07, 6.45) is 1.95. The van der Waals surface area contributed by atoms with Crippen LogP contribution in [0.4, 0.5) is 0 Å². The highest BCUT2D eigenvalue weighted by Crippen LogP contribution is 2.36. The van der Waals surface area contributed by atoms with Crippen LogP contribution >= 0.6 is 0 Å². The fourth-order valence-corrected chi connectivity index (χ4v) is 2.96. The van der Waals surface area contributed by atoms with Gasteiger partial charge < -0.3 is 9.52 Å². The van der Waals surface area contributed by atoms with Crippen molar-refractivity contribution in [1.82, 2.24) is 14.8 Å². The minimum absolute atomic E-state index is 0.0504. The number of aromatic nitrogens is 3. The van der Waals surface area contributed by atoms with Gasteiger partial charge in [-0.05, 0) is 18.1 Å². The van der Waals surface area contributed by atoms with Gasteiger partial charge in [0.1, 0.15) is 11.1 Å². The fourth-order valence-electron chi connectivity index (χ4n) is 2.96. The molecule has 3 aromatic heterocycles. The van der Waals surface area contributed by atoms with Gasteiger partial charge in [0, 0.05) is 35.6 Å². The maximum Gasteiger partial charge on any atom is 0.182 e. The lowest BCUT2D eigenvalue weighted by molar-refractivity contribution is 0.657. The van der Waals surface area contributed by atoms with Crippen molar-refractivity contribution in [3.63, 3.8) is 0 Å². The molecule has 0 saturated heterocycles. The van der Waals surface area contributed by atoms with Crippen LogP contribution in [0.15, 0.2) is 33.6 Å². The molecule has 5 nitrogen and oxygen atoms in total. The van der Waals surface area contributed by atoms with Gasteiger partial charge in [0.05, 0.1) is 0 Å². The molecule has 4 aromatic rings. The lowest BCUT2D eigenvalue weighted by Crippen LogP contribution is -1.96. The van der Waals surface area contributed by atoms with Crippen molar-refractivity contribution in [1.29, 1.82) is 0 Å². The van der Waals surface area contributed by atoms with E-state index in [0.717, 1.165) is 33.1 Å². The molecule has 1 N–H and O–H groups in total. The Balaban J connectivity index is 2.31. The van der Waals surface area contributed by atoms with Crippen LogP contribution in [0.1, 0.15) is 25.3 Å². The second-order valence-electron chi connectivity index (χ2n) is 5.69. The number of aryl methyl sites for hydroxylation is 1. The molecule has 106 valence electrons. The first-order valence-electron chi connectivity index (χ1n) is 6.96. The van der Waals surface area contributed by atoms with Crippen LogP contribution in [0.5, 0.6) is 0 Å². The van der Waals surface area contributed by atoms with Crippen molar-refractivity contribution in [2.24, 2.45) is 7.05 Å². The van der Waals surface area contributed by atoms with Gasteiger partial charge in [-0.2, -0.15) is 0 Å². The van der Waals surface area contributed by atoms with Gasteiger partial charge >= 0.3 is 0 Å². The molecule has 0 spiro atoms. The quantitative estimate of drug-likeness (QED) is 0.582. The summed E-state index contributed by atoms with van der Waals surface area (Å²) in [6, 6.07) is 4.87. The summed E-state index contributed by atoms with van der Waals surface area (Å²) in [7, 11) is 1.93. The van der Waals surface area contributed by atoms with E-state index in [1.165, 1.54) is 6.07 Å².